The summed E-state index contributed by atoms with van der Waals surface area (Å²) in [5.74, 6) is 1.65. The molecule has 1 aromatic carbocycles. The molecule has 0 radical (unpaired) electrons. The Morgan fingerprint density at radius 2 is 2.05 bits per heavy atom. The number of hydrogen-bond donors (Lipinski definition) is 1. The zero-order chi connectivity index (χ0) is 14.7. The Hall–Kier alpha value is -1.75. The van der Waals surface area contributed by atoms with Gasteiger partial charge in [-0.2, -0.15) is 4.98 Å². The van der Waals surface area contributed by atoms with Crippen molar-refractivity contribution in [2.75, 3.05) is 12.3 Å². The smallest absolute Gasteiger partial charge is 0.240 e. The second-order valence-corrected chi connectivity index (χ2v) is 6.13. The van der Waals surface area contributed by atoms with Crippen LogP contribution in [-0.2, 0) is 6.61 Å². The lowest BCUT2D eigenvalue weighted by Crippen LogP contribution is -2.05. The van der Waals surface area contributed by atoms with Crippen LogP contribution < -0.4 is 15.2 Å². The SMILES string of the molecule is Nc1ccc(OCc2cccc(Br)c2)nc1OCC1CC1. The van der Waals surface area contributed by atoms with Crippen LogP contribution in [0.3, 0.4) is 0 Å². The normalized spacial score (nSPS) is 14.0. The van der Waals surface area contributed by atoms with Crippen LogP contribution in [-0.4, -0.2) is 11.6 Å². The van der Waals surface area contributed by atoms with E-state index in [0.29, 0.717) is 36.6 Å². The molecule has 0 bridgehead atoms. The monoisotopic (exact) mass is 348 g/mol. The third kappa shape index (κ3) is 4.11. The second-order valence-electron chi connectivity index (χ2n) is 5.22. The largest absolute Gasteiger partial charge is 0.476 e. The topological polar surface area (TPSA) is 57.4 Å². The summed E-state index contributed by atoms with van der Waals surface area (Å²) in [5.41, 5.74) is 7.49. The maximum Gasteiger partial charge on any atom is 0.240 e. The summed E-state index contributed by atoms with van der Waals surface area (Å²) in [7, 11) is 0. The average molecular weight is 349 g/mol. The van der Waals surface area contributed by atoms with Crippen molar-refractivity contribution in [3.8, 4) is 11.8 Å². The highest BCUT2D eigenvalue weighted by Crippen LogP contribution is 2.31. The van der Waals surface area contributed by atoms with Gasteiger partial charge in [0.2, 0.25) is 11.8 Å². The Balaban J connectivity index is 1.63. The van der Waals surface area contributed by atoms with Gasteiger partial charge >= 0.3 is 0 Å². The van der Waals surface area contributed by atoms with E-state index in [9.17, 15) is 0 Å². The van der Waals surface area contributed by atoms with E-state index in [-0.39, 0.29) is 0 Å². The molecular formula is C16H17BrN2O2. The summed E-state index contributed by atoms with van der Waals surface area (Å²) in [6.45, 7) is 1.14. The van der Waals surface area contributed by atoms with Gasteiger partial charge in [0.15, 0.2) is 0 Å². The van der Waals surface area contributed by atoms with Crippen LogP contribution >= 0.6 is 15.9 Å². The maximum atomic E-state index is 5.87. The predicted octanol–water partition coefficient (Wildman–Crippen LogP) is 3.79. The van der Waals surface area contributed by atoms with E-state index >= 15 is 0 Å². The highest BCUT2D eigenvalue weighted by atomic mass is 79.9. The Morgan fingerprint density at radius 3 is 2.81 bits per heavy atom. The first kappa shape index (κ1) is 14.2. The first-order valence-corrected chi connectivity index (χ1v) is 7.76. The molecular weight excluding hydrogens is 332 g/mol. The molecule has 3 rings (SSSR count). The number of nitrogens with two attached hydrogens (primary N) is 1. The molecule has 0 atom stereocenters. The highest BCUT2D eigenvalue weighted by Gasteiger charge is 2.22. The average Bonchev–Trinajstić information content (AvgIpc) is 3.29. The van der Waals surface area contributed by atoms with E-state index in [2.05, 4.69) is 20.9 Å². The minimum absolute atomic E-state index is 0.457. The first-order valence-electron chi connectivity index (χ1n) is 6.97. The van der Waals surface area contributed by atoms with Crippen LogP contribution in [0.15, 0.2) is 40.9 Å². The molecule has 1 aromatic heterocycles. The van der Waals surface area contributed by atoms with Gasteiger partial charge in [-0.1, -0.05) is 28.1 Å². The van der Waals surface area contributed by atoms with Crippen molar-refractivity contribution in [1.29, 1.82) is 0 Å². The Labute approximate surface area is 132 Å². The van der Waals surface area contributed by atoms with Crippen LogP contribution in [0.25, 0.3) is 0 Å². The van der Waals surface area contributed by atoms with Crippen molar-refractivity contribution in [2.45, 2.75) is 19.4 Å². The van der Waals surface area contributed by atoms with Crippen molar-refractivity contribution in [3.63, 3.8) is 0 Å². The lowest BCUT2D eigenvalue weighted by atomic mass is 10.2. The number of ether oxygens (including phenoxy) is 2. The Bertz CT molecular complexity index is 629. The van der Waals surface area contributed by atoms with Crippen LogP contribution in [0.4, 0.5) is 5.69 Å². The molecule has 1 saturated carbocycles. The number of aromatic nitrogens is 1. The third-order valence-corrected chi connectivity index (χ3v) is 3.79. The van der Waals surface area contributed by atoms with E-state index in [4.69, 9.17) is 15.2 Å². The maximum absolute atomic E-state index is 5.87. The van der Waals surface area contributed by atoms with Gasteiger partial charge in [0.1, 0.15) is 6.61 Å². The van der Waals surface area contributed by atoms with Crippen molar-refractivity contribution in [3.05, 3.63) is 46.4 Å². The highest BCUT2D eigenvalue weighted by molar-refractivity contribution is 9.10. The van der Waals surface area contributed by atoms with E-state index in [1.165, 1.54) is 12.8 Å². The van der Waals surface area contributed by atoms with Crippen molar-refractivity contribution >= 4 is 21.6 Å². The molecule has 2 N–H and O–H groups in total. The predicted molar refractivity (Wildman–Crippen MR) is 85.3 cm³/mol. The summed E-state index contributed by atoms with van der Waals surface area (Å²) in [6, 6.07) is 11.5. The lowest BCUT2D eigenvalue weighted by molar-refractivity contribution is 0.267. The Morgan fingerprint density at radius 1 is 1.19 bits per heavy atom. The van der Waals surface area contributed by atoms with Crippen LogP contribution in [0.2, 0.25) is 0 Å². The molecule has 4 nitrogen and oxygen atoms in total. The quantitative estimate of drug-likeness (QED) is 0.862. The van der Waals surface area contributed by atoms with Gasteiger partial charge in [0, 0.05) is 10.5 Å². The van der Waals surface area contributed by atoms with Gasteiger partial charge in [-0.25, -0.2) is 0 Å². The molecule has 1 fully saturated rings. The number of halogens is 1. The van der Waals surface area contributed by atoms with Crippen LogP contribution in [0.1, 0.15) is 18.4 Å². The van der Waals surface area contributed by atoms with Gasteiger partial charge in [-0.3, -0.25) is 0 Å². The molecule has 21 heavy (non-hydrogen) atoms. The molecule has 110 valence electrons. The third-order valence-electron chi connectivity index (χ3n) is 3.29. The van der Waals surface area contributed by atoms with E-state index in [1.807, 2.05) is 24.3 Å². The fraction of sp³-hybridized carbons (Fsp3) is 0.312. The fourth-order valence-electron chi connectivity index (χ4n) is 1.90. The van der Waals surface area contributed by atoms with E-state index < -0.39 is 0 Å². The van der Waals surface area contributed by atoms with Gasteiger partial charge in [-0.15, -0.1) is 0 Å². The van der Waals surface area contributed by atoms with E-state index in [1.54, 1.807) is 12.1 Å². The summed E-state index contributed by atoms with van der Waals surface area (Å²) < 4.78 is 12.4. The minimum atomic E-state index is 0.457. The number of anilines is 1. The second kappa shape index (κ2) is 6.35. The molecule has 2 aromatic rings. The molecule has 0 saturated heterocycles. The molecule has 0 amide bonds. The molecule has 5 heteroatoms. The number of nitrogens with zero attached hydrogens (tertiary/aromatic N) is 1. The number of nitrogen functional groups attached to an aromatic ring is 1. The van der Waals surface area contributed by atoms with Crippen molar-refractivity contribution in [2.24, 2.45) is 5.92 Å². The minimum Gasteiger partial charge on any atom is -0.476 e. The number of rotatable bonds is 6. The first-order chi connectivity index (χ1) is 10.2. The summed E-state index contributed by atoms with van der Waals surface area (Å²) >= 11 is 3.44. The molecule has 0 spiro atoms. The molecule has 0 aliphatic heterocycles. The summed E-state index contributed by atoms with van der Waals surface area (Å²) in [4.78, 5) is 4.33. The van der Waals surface area contributed by atoms with Gasteiger partial charge in [0.25, 0.3) is 0 Å². The molecule has 1 heterocycles. The van der Waals surface area contributed by atoms with Crippen LogP contribution in [0, 0.1) is 5.92 Å². The van der Waals surface area contributed by atoms with Gasteiger partial charge < -0.3 is 15.2 Å². The van der Waals surface area contributed by atoms with Crippen LogP contribution in [0.5, 0.6) is 11.8 Å². The number of hydrogen-bond acceptors (Lipinski definition) is 4. The summed E-state index contributed by atoms with van der Waals surface area (Å²) in [5, 5.41) is 0. The summed E-state index contributed by atoms with van der Waals surface area (Å²) in [6.07, 6.45) is 2.47. The van der Waals surface area contributed by atoms with Crippen molar-refractivity contribution in [1.82, 2.24) is 4.98 Å². The van der Waals surface area contributed by atoms with E-state index in [0.717, 1.165) is 10.0 Å². The van der Waals surface area contributed by atoms with Gasteiger partial charge in [-0.05, 0) is 42.5 Å². The number of benzene rings is 1. The zero-order valence-electron chi connectivity index (χ0n) is 11.6. The zero-order valence-corrected chi connectivity index (χ0v) is 13.2. The standard InChI is InChI=1S/C16H17BrN2O2/c17-13-3-1-2-12(8-13)10-20-15-7-6-14(18)16(19-15)21-9-11-4-5-11/h1-3,6-8,11H,4-5,9-10,18H2. The van der Waals surface area contributed by atoms with Crippen molar-refractivity contribution < 1.29 is 9.47 Å². The lowest BCUT2D eigenvalue weighted by Gasteiger charge is -2.10. The molecule has 0 unspecified atom stereocenters. The fourth-order valence-corrected chi connectivity index (χ4v) is 2.34. The number of pyridine rings is 1. The molecule has 1 aliphatic carbocycles. The Kier molecular flexibility index (Phi) is 4.29. The van der Waals surface area contributed by atoms with Gasteiger partial charge in [0.05, 0.1) is 12.3 Å². The molecule has 1 aliphatic rings.